The van der Waals surface area contributed by atoms with Crippen LogP contribution in [0.5, 0.6) is 0 Å². The zero-order valence-corrected chi connectivity index (χ0v) is 10.7. The first-order chi connectivity index (χ1) is 7.36. The lowest BCUT2D eigenvalue weighted by Crippen LogP contribution is -2.40. The largest absolute Gasteiger partial charge is 0.388 e. The molecule has 0 amide bonds. The lowest BCUT2D eigenvalue weighted by atomic mass is 9.70. The van der Waals surface area contributed by atoms with Crippen molar-refractivity contribution >= 4 is 5.78 Å². The molecule has 0 radical (unpaired) electrons. The van der Waals surface area contributed by atoms with Crippen LogP contribution in [0.3, 0.4) is 0 Å². The molecule has 0 spiro atoms. The Balaban J connectivity index is 3.03. The summed E-state index contributed by atoms with van der Waals surface area (Å²) in [6, 6.07) is 0. The number of aliphatic hydroxyl groups is 1. The van der Waals surface area contributed by atoms with E-state index < -0.39 is 6.10 Å². The molecule has 0 unspecified atom stereocenters. The topological polar surface area (TPSA) is 37.3 Å². The highest BCUT2D eigenvalue weighted by Crippen LogP contribution is 2.35. The Bertz CT molecular complexity index is 326. The van der Waals surface area contributed by atoms with Crippen molar-refractivity contribution in [2.45, 2.75) is 40.2 Å². The lowest BCUT2D eigenvalue weighted by Gasteiger charge is -2.35. The summed E-state index contributed by atoms with van der Waals surface area (Å²) in [5.74, 6) is 0.401. The van der Waals surface area contributed by atoms with Crippen molar-refractivity contribution in [3.63, 3.8) is 0 Å². The average Bonchev–Trinajstić information content (AvgIpc) is 2.20. The van der Waals surface area contributed by atoms with E-state index in [-0.39, 0.29) is 17.6 Å². The van der Waals surface area contributed by atoms with Crippen molar-refractivity contribution in [1.29, 1.82) is 0 Å². The number of carbonyl (C=O) groups is 1. The quantitative estimate of drug-likeness (QED) is 0.745. The van der Waals surface area contributed by atoms with Gasteiger partial charge in [-0.05, 0) is 37.7 Å². The normalized spacial score (nSPS) is 27.9. The van der Waals surface area contributed by atoms with Gasteiger partial charge in [0, 0.05) is 0 Å². The molecule has 0 aromatic rings. The Morgan fingerprint density at radius 1 is 1.56 bits per heavy atom. The first-order valence-electron chi connectivity index (χ1n) is 5.90. The van der Waals surface area contributed by atoms with Crippen LogP contribution in [0.2, 0.25) is 0 Å². The second-order valence-corrected chi connectivity index (χ2v) is 5.21. The number of rotatable bonds is 3. The van der Waals surface area contributed by atoms with Gasteiger partial charge in [0.05, 0.1) is 12.0 Å². The molecule has 1 rings (SSSR count). The number of ketones is 1. The minimum Gasteiger partial charge on any atom is -0.388 e. The van der Waals surface area contributed by atoms with Gasteiger partial charge in [-0.3, -0.25) is 4.79 Å². The second kappa shape index (κ2) is 4.96. The molecule has 0 aliphatic heterocycles. The molecule has 0 bridgehead atoms. The summed E-state index contributed by atoms with van der Waals surface area (Å²) in [4.78, 5) is 12.1. The number of carbonyl (C=O) groups excluding carboxylic acids is 1. The van der Waals surface area contributed by atoms with E-state index in [0.717, 1.165) is 12.0 Å². The number of Topliss-reactive ketones (excluding diaryl/α,β-unsaturated/α-hetero) is 1. The van der Waals surface area contributed by atoms with Crippen LogP contribution in [0.25, 0.3) is 0 Å². The third-order valence-electron chi connectivity index (χ3n) is 3.55. The van der Waals surface area contributed by atoms with Crippen LogP contribution in [0.4, 0.5) is 0 Å². The number of aliphatic hydroxyl groups excluding tert-OH is 1. The molecule has 0 saturated heterocycles. The number of hydrogen-bond acceptors (Lipinski definition) is 2. The Hall–Kier alpha value is -0.890. The fourth-order valence-corrected chi connectivity index (χ4v) is 2.39. The molecule has 0 saturated carbocycles. The van der Waals surface area contributed by atoms with E-state index in [4.69, 9.17) is 0 Å². The molecular formula is C14H22O2. The van der Waals surface area contributed by atoms with Crippen molar-refractivity contribution in [1.82, 2.24) is 0 Å². The van der Waals surface area contributed by atoms with Gasteiger partial charge in [0.25, 0.3) is 0 Å². The zero-order valence-electron chi connectivity index (χ0n) is 10.7. The van der Waals surface area contributed by atoms with Gasteiger partial charge in [-0.2, -0.15) is 0 Å². The van der Waals surface area contributed by atoms with Crippen LogP contribution in [0.1, 0.15) is 34.1 Å². The van der Waals surface area contributed by atoms with Gasteiger partial charge in [-0.15, -0.1) is 0 Å². The molecule has 1 aliphatic rings. The third kappa shape index (κ3) is 2.43. The van der Waals surface area contributed by atoms with Gasteiger partial charge in [0.1, 0.15) is 0 Å². The highest BCUT2D eigenvalue weighted by atomic mass is 16.3. The van der Waals surface area contributed by atoms with Gasteiger partial charge >= 0.3 is 0 Å². The predicted molar refractivity (Wildman–Crippen MR) is 66.0 cm³/mol. The zero-order chi connectivity index (χ0) is 12.5. The maximum absolute atomic E-state index is 12.1. The smallest absolute Gasteiger partial charge is 0.164 e. The highest BCUT2D eigenvalue weighted by Gasteiger charge is 2.38. The van der Waals surface area contributed by atoms with Crippen molar-refractivity contribution in [2.24, 2.45) is 17.8 Å². The first kappa shape index (κ1) is 13.2. The van der Waals surface area contributed by atoms with E-state index in [1.807, 2.05) is 13.0 Å². The SMILES string of the molecule is C=C(C)[C@H](O)[C@H]1C(=O)C(C)=CC[C@@H]1C(C)C. The second-order valence-electron chi connectivity index (χ2n) is 5.21. The Morgan fingerprint density at radius 2 is 2.12 bits per heavy atom. The van der Waals surface area contributed by atoms with Crippen molar-refractivity contribution in [3.05, 3.63) is 23.8 Å². The van der Waals surface area contributed by atoms with Crippen molar-refractivity contribution < 1.29 is 9.90 Å². The minimum absolute atomic E-state index is 0.0838. The molecule has 3 atom stereocenters. The number of hydrogen-bond donors (Lipinski definition) is 1. The molecule has 16 heavy (non-hydrogen) atoms. The molecule has 2 nitrogen and oxygen atoms in total. The summed E-state index contributed by atoms with van der Waals surface area (Å²) >= 11 is 0. The molecule has 0 fully saturated rings. The van der Waals surface area contributed by atoms with E-state index in [2.05, 4.69) is 20.4 Å². The highest BCUT2D eigenvalue weighted by molar-refractivity contribution is 5.98. The number of allylic oxidation sites excluding steroid dienone is 2. The van der Waals surface area contributed by atoms with Crippen LogP contribution in [-0.4, -0.2) is 17.0 Å². The van der Waals surface area contributed by atoms with Crippen molar-refractivity contribution in [2.75, 3.05) is 0 Å². The molecular weight excluding hydrogens is 200 g/mol. The van der Waals surface area contributed by atoms with Gasteiger partial charge in [-0.1, -0.05) is 32.1 Å². The molecule has 0 aromatic heterocycles. The molecule has 0 aromatic carbocycles. The van der Waals surface area contributed by atoms with E-state index in [1.165, 1.54) is 0 Å². The molecule has 2 heteroatoms. The van der Waals surface area contributed by atoms with Gasteiger partial charge in [0.2, 0.25) is 0 Å². The summed E-state index contributed by atoms with van der Waals surface area (Å²) in [5, 5.41) is 10.1. The molecule has 0 heterocycles. The standard InChI is InChI=1S/C14H22O2/c1-8(2)11-7-6-10(5)14(16)12(11)13(15)9(3)4/h6,8,11-13,15H,3,7H2,1-2,4-5H3/t11-,12+,13+/m1/s1. The van der Waals surface area contributed by atoms with E-state index in [0.29, 0.717) is 11.5 Å². The lowest BCUT2D eigenvalue weighted by molar-refractivity contribution is -0.125. The third-order valence-corrected chi connectivity index (χ3v) is 3.55. The van der Waals surface area contributed by atoms with Crippen molar-refractivity contribution in [3.8, 4) is 0 Å². The monoisotopic (exact) mass is 222 g/mol. The Morgan fingerprint density at radius 3 is 2.56 bits per heavy atom. The summed E-state index contributed by atoms with van der Waals surface area (Å²) in [6.45, 7) is 11.6. The van der Waals surface area contributed by atoms with Crippen LogP contribution in [0, 0.1) is 17.8 Å². The Kier molecular flexibility index (Phi) is 4.09. The first-order valence-corrected chi connectivity index (χ1v) is 5.90. The summed E-state index contributed by atoms with van der Waals surface area (Å²) in [6.07, 6.45) is 2.17. The van der Waals surface area contributed by atoms with E-state index in [9.17, 15) is 9.90 Å². The molecule has 90 valence electrons. The average molecular weight is 222 g/mol. The van der Waals surface area contributed by atoms with Crippen LogP contribution < -0.4 is 0 Å². The molecule has 1 N–H and O–H groups in total. The van der Waals surface area contributed by atoms with Crippen LogP contribution in [0.15, 0.2) is 23.8 Å². The van der Waals surface area contributed by atoms with Gasteiger partial charge < -0.3 is 5.11 Å². The van der Waals surface area contributed by atoms with Gasteiger partial charge in [-0.25, -0.2) is 0 Å². The fourth-order valence-electron chi connectivity index (χ4n) is 2.39. The van der Waals surface area contributed by atoms with Crippen LogP contribution in [-0.2, 0) is 4.79 Å². The van der Waals surface area contributed by atoms with Gasteiger partial charge in [0.15, 0.2) is 5.78 Å². The fraction of sp³-hybridized carbons (Fsp3) is 0.643. The Labute approximate surface area is 98.1 Å². The summed E-state index contributed by atoms with van der Waals surface area (Å²) in [5.41, 5.74) is 1.46. The minimum atomic E-state index is -0.705. The van der Waals surface area contributed by atoms with E-state index >= 15 is 0 Å². The maximum atomic E-state index is 12.1. The summed E-state index contributed by atoms with van der Waals surface area (Å²) < 4.78 is 0. The maximum Gasteiger partial charge on any atom is 0.164 e. The summed E-state index contributed by atoms with van der Waals surface area (Å²) in [7, 11) is 0. The van der Waals surface area contributed by atoms with Crippen LogP contribution >= 0.6 is 0 Å². The predicted octanol–water partition coefficient (Wildman–Crippen LogP) is 2.73. The molecule has 1 aliphatic carbocycles. The van der Waals surface area contributed by atoms with E-state index in [1.54, 1.807) is 6.92 Å².